The second kappa shape index (κ2) is 6.52. The number of para-hydroxylation sites is 1. The largest absolute Gasteiger partial charge is 0.507 e. The highest BCUT2D eigenvalue weighted by molar-refractivity contribution is 7.89. The Labute approximate surface area is 136 Å². The van der Waals surface area contributed by atoms with Gasteiger partial charge in [-0.3, -0.25) is 4.99 Å². The zero-order valence-corrected chi connectivity index (χ0v) is 13.4. The molecule has 1 heterocycles. The Bertz CT molecular complexity index is 825. The molecule has 0 bridgehead atoms. The van der Waals surface area contributed by atoms with Gasteiger partial charge in [0.2, 0.25) is 10.0 Å². The number of hydrogen-bond acceptors (Lipinski definition) is 4. The van der Waals surface area contributed by atoms with Gasteiger partial charge in [-0.15, -0.1) is 0 Å². The summed E-state index contributed by atoms with van der Waals surface area (Å²) in [4.78, 5) is 4.53. The molecule has 5 nitrogen and oxygen atoms in total. The lowest BCUT2D eigenvalue weighted by atomic mass is 10.2. The van der Waals surface area contributed by atoms with Crippen molar-refractivity contribution in [1.29, 1.82) is 0 Å². The van der Waals surface area contributed by atoms with Gasteiger partial charge in [0.15, 0.2) is 0 Å². The number of aromatic hydroxyl groups is 1. The maximum absolute atomic E-state index is 12.5. The molecular weight excluding hydrogens is 312 g/mol. The molecule has 1 aliphatic heterocycles. The highest BCUT2D eigenvalue weighted by Gasteiger charge is 2.27. The first-order chi connectivity index (χ1) is 11.1. The molecule has 1 aliphatic rings. The molecule has 2 aromatic carbocycles. The van der Waals surface area contributed by atoms with Crippen LogP contribution in [0.15, 0.2) is 58.4 Å². The van der Waals surface area contributed by atoms with E-state index in [1.807, 2.05) is 0 Å². The molecule has 0 aliphatic carbocycles. The lowest BCUT2D eigenvalue weighted by Crippen LogP contribution is -2.27. The van der Waals surface area contributed by atoms with E-state index in [0.29, 0.717) is 24.3 Å². The third-order valence-corrected chi connectivity index (χ3v) is 5.70. The summed E-state index contributed by atoms with van der Waals surface area (Å²) in [7, 11) is -3.44. The van der Waals surface area contributed by atoms with Crippen LogP contribution in [0.3, 0.4) is 0 Å². The first-order valence-electron chi connectivity index (χ1n) is 7.50. The average Bonchev–Trinajstić information content (AvgIpc) is 3.10. The minimum absolute atomic E-state index is 0.136. The summed E-state index contributed by atoms with van der Waals surface area (Å²) < 4.78 is 26.6. The molecule has 6 heteroatoms. The van der Waals surface area contributed by atoms with Crippen molar-refractivity contribution >= 4 is 21.9 Å². The SMILES string of the molecule is O=S(=O)(c1cccc(N=Cc2ccccc2O)c1)N1CCCC1. The number of sulfonamides is 1. The second-order valence-corrected chi connectivity index (χ2v) is 7.36. The third-order valence-electron chi connectivity index (χ3n) is 3.81. The van der Waals surface area contributed by atoms with Gasteiger partial charge < -0.3 is 5.11 Å². The van der Waals surface area contributed by atoms with Crippen LogP contribution >= 0.6 is 0 Å². The standard InChI is InChI=1S/C17H18N2O3S/c20-17-9-2-1-6-14(17)13-18-15-7-5-8-16(12-15)23(21,22)19-10-3-4-11-19/h1-2,5-9,12-13,20H,3-4,10-11H2. The predicted molar refractivity (Wildman–Crippen MR) is 89.8 cm³/mol. The minimum atomic E-state index is -3.44. The average molecular weight is 330 g/mol. The molecule has 1 saturated heterocycles. The number of hydrogen-bond donors (Lipinski definition) is 1. The number of rotatable bonds is 4. The van der Waals surface area contributed by atoms with Crippen LogP contribution in [0.2, 0.25) is 0 Å². The van der Waals surface area contributed by atoms with E-state index >= 15 is 0 Å². The van der Waals surface area contributed by atoms with Gasteiger partial charge in [0.25, 0.3) is 0 Å². The first kappa shape index (κ1) is 15.7. The molecule has 23 heavy (non-hydrogen) atoms. The van der Waals surface area contributed by atoms with Crippen molar-refractivity contribution in [1.82, 2.24) is 4.31 Å². The normalized spacial score (nSPS) is 16.2. The molecule has 1 fully saturated rings. The fourth-order valence-corrected chi connectivity index (χ4v) is 4.10. The van der Waals surface area contributed by atoms with E-state index in [4.69, 9.17) is 0 Å². The van der Waals surface area contributed by atoms with Crippen LogP contribution in [-0.4, -0.2) is 37.1 Å². The molecule has 3 rings (SSSR count). The van der Waals surface area contributed by atoms with Gasteiger partial charge in [0.1, 0.15) is 5.75 Å². The Kier molecular flexibility index (Phi) is 4.45. The number of nitrogens with zero attached hydrogens (tertiary/aromatic N) is 2. The van der Waals surface area contributed by atoms with E-state index in [1.54, 1.807) is 48.5 Å². The molecule has 0 amide bonds. The Morgan fingerprint density at radius 2 is 1.78 bits per heavy atom. The van der Waals surface area contributed by atoms with Crippen LogP contribution in [0, 0.1) is 0 Å². The monoisotopic (exact) mass is 330 g/mol. The van der Waals surface area contributed by atoms with Gasteiger partial charge >= 0.3 is 0 Å². The summed E-state index contributed by atoms with van der Waals surface area (Å²) in [6.45, 7) is 1.15. The van der Waals surface area contributed by atoms with E-state index in [2.05, 4.69) is 4.99 Å². The second-order valence-electron chi connectivity index (χ2n) is 5.43. The van der Waals surface area contributed by atoms with Gasteiger partial charge in [0.05, 0.1) is 10.6 Å². The molecular formula is C17H18N2O3S. The Morgan fingerprint density at radius 1 is 1.04 bits per heavy atom. The molecule has 0 aromatic heterocycles. The zero-order valence-electron chi connectivity index (χ0n) is 12.6. The summed E-state index contributed by atoms with van der Waals surface area (Å²) >= 11 is 0. The fourth-order valence-electron chi connectivity index (χ4n) is 2.54. The number of phenols is 1. The van der Waals surface area contributed by atoms with Gasteiger partial charge in [-0.2, -0.15) is 4.31 Å². The fraction of sp³-hybridized carbons (Fsp3) is 0.235. The summed E-state index contributed by atoms with van der Waals surface area (Å²) in [5.74, 6) is 0.136. The van der Waals surface area contributed by atoms with Crippen LogP contribution in [0.5, 0.6) is 5.75 Å². The summed E-state index contributed by atoms with van der Waals surface area (Å²) in [6.07, 6.45) is 3.34. The molecule has 0 radical (unpaired) electrons. The topological polar surface area (TPSA) is 70.0 Å². The van der Waals surface area contributed by atoms with E-state index < -0.39 is 10.0 Å². The molecule has 120 valence electrons. The molecule has 1 N–H and O–H groups in total. The predicted octanol–water partition coefficient (Wildman–Crippen LogP) is 2.93. The van der Waals surface area contributed by atoms with Crippen molar-refractivity contribution < 1.29 is 13.5 Å². The maximum atomic E-state index is 12.5. The van der Waals surface area contributed by atoms with Crippen molar-refractivity contribution in [3.8, 4) is 5.75 Å². The number of phenolic OH excluding ortho intramolecular Hbond substituents is 1. The van der Waals surface area contributed by atoms with Crippen LogP contribution in [0.4, 0.5) is 5.69 Å². The van der Waals surface area contributed by atoms with E-state index in [9.17, 15) is 13.5 Å². The van der Waals surface area contributed by atoms with Crippen LogP contribution in [0.1, 0.15) is 18.4 Å². The highest BCUT2D eigenvalue weighted by atomic mass is 32.2. The highest BCUT2D eigenvalue weighted by Crippen LogP contribution is 2.24. The maximum Gasteiger partial charge on any atom is 0.243 e. The van der Waals surface area contributed by atoms with E-state index in [-0.39, 0.29) is 10.6 Å². The van der Waals surface area contributed by atoms with E-state index in [1.165, 1.54) is 10.5 Å². The van der Waals surface area contributed by atoms with Gasteiger partial charge in [-0.1, -0.05) is 18.2 Å². The first-order valence-corrected chi connectivity index (χ1v) is 8.94. The molecule has 0 atom stereocenters. The van der Waals surface area contributed by atoms with Crippen molar-refractivity contribution in [2.75, 3.05) is 13.1 Å². The Morgan fingerprint density at radius 3 is 2.52 bits per heavy atom. The van der Waals surface area contributed by atoms with Gasteiger partial charge in [-0.25, -0.2) is 8.42 Å². The minimum Gasteiger partial charge on any atom is -0.507 e. The lowest BCUT2D eigenvalue weighted by molar-refractivity contribution is 0.474. The van der Waals surface area contributed by atoms with Gasteiger partial charge in [-0.05, 0) is 43.2 Å². The summed E-state index contributed by atoms with van der Waals surface area (Å²) in [5, 5.41) is 9.72. The summed E-state index contributed by atoms with van der Waals surface area (Å²) in [6, 6.07) is 13.4. The number of benzene rings is 2. The van der Waals surface area contributed by atoms with Crippen molar-refractivity contribution in [2.24, 2.45) is 4.99 Å². The van der Waals surface area contributed by atoms with Gasteiger partial charge in [0, 0.05) is 24.9 Å². The van der Waals surface area contributed by atoms with Crippen molar-refractivity contribution in [3.05, 3.63) is 54.1 Å². The molecule has 2 aromatic rings. The Balaban J connectivity index is 1.87. The smallest absolute Gasteiger partial charge is 0.243 e. The van der Waals surface area contributed by atoms with E-state index in [0.717, 1.165) is 12.8 Å². The van der Waals surface area contributed by atoms with Crippen molar-refractivity contribution in [3.63, 3.8) is 0 Å². The van der Waals surface area contributed by atoms with Crippen LogP contribution in [-0.2, 0) is 10.0 Å². The number of aliphatic imine (C=N–C) groups is 1. The third kappa shape index (κ3) is 3.43. The zero-order chi connectivity index (χ0) is 16.3. The summed E-state index contributed by atoms with van der Waals surface area (Å²) in [5.41, 5.74) is 1.12. The molecule has 0 saturated carbocycles. The van der Waals surface area contributed by atoms with Crippen molar-refractivity contribution in [2.45, 2.75) is 17.7 Å². The Hall–Kier alpha value is -2.18. The van der Waals surface area contributed by atoms with Crippen LogP contribution in [0.25, 0.3) is 0 Å². The quantitative estimate of drug-likeness (QED) is 0.876. The molecule has 0 spiro atoms. The molecule has 0 unspecified atom stereocenters. The van der Waals surface area contributed by atoms with Crippen LogP contribution < -0.4 is 0 Å². The lowest BCUT2D eigenvalue weighted by Gasteiger charge is -2.15.